The summed E-state index contributed by atoms with van der Waals surface area (Å²) in [5, 5.41) is 3.26. The van der Waals surface area contributed by atoms with Crippen molar-refractivity contribution in [2.45, 2.75) is 58.4 Å². The van der Waals surface area contributed by atoms with Gasteiger partial charge in [0.2, 0.25) is 0 Å². The monoisotopic (exact) mass is 265 g/mol. The molecule has 0 spiro atoms. The van der Waals surface area contributed by atoms with E-state index in [1.165, 1.54) is 12.8 Å². The van der Waals surface area contributed by atoms with E-state index in [4.69, 9.17) is 11.2 Å². The first kappa shape index (κ1) is 16.0. The first-order chi connectivity index (χ1) is 9.04. The maximum Gasteiger partial charge on any atom is 0.326 e. The Balaban J connectivity index is 2.77. The number of rotatable bonds is 6. The molecule has 1 aliphatic carbocycles. The zero-order valence-electron chi connectivity index (χ0n) is 12.5. The highest BCUT2D eigenvalue weighted by Crippen LogP contribution is 2.36. The van der Waals surface area contributed by atoms with Crippen LogP contribution in [-0.4, -0.2) is 24.7 Å². The predicted octanol–water partition coefficient (Wildman–Crippen LogP) is 2.75. The number of hydrogen-bond donors (Lipinski definition) is 1. The Labute approximate surface area is 117 Å². The zero-order valence-corrected chi connectivity index (χ0v) is 12.5. The van der Waals surface area contributed by atoms with E-state index < -0.39 is 5.54 Å². The smallest absolute Gasteiger partial charge is 0.326 e. The van der Waals surface area contributed by atoms with Gasteiger partial charge in [-0.05, 0) is 38.0 Å². The normalized spacial score (nSPS) is 27.0. The molecule has 0 aromatic rings. The van der Waals surface area contributed by atoms with Crippen molar-refractivity contribution in [3.63, 3.8) is 0 Å². The molecule has 0 radical (unpaired) electrons. The lowest BCUT2D eigenvalue weighted by atomic mass is 9.73. The molecule has 1 rings (SSSR count). The second kappa shape index (κ2) is 7.55. The van der Waals surface area contributed by atoms with Gasteiger partial charge in [0.25, 0.3) is 0 Å². The molecular formula is C16H27NO2. The minimum atomic E-state index is -0.555. The Bertz CT molecular complexity index is 332. The maximum atomic E-state index is 12.3. The summed E-state index contributed by atoms with van der Waals surface area (Å²) in [6.07, 6.45) is 10.5. The molecule has 1 saturated carbocycles. The first-order valence-corrected chi connectivity index (χ1v) is 7.39. The van der Waals surface area contributed by atoms with E-state index >= 15 is 0 Å². The van der Waals surface area contributed by atoms with E-state index in [0.29, 0.717) is 25.0 Å². The fraction of sp³-hybridized carbons (Fsp3) is 0.812. The van der Waals surface area contributed by atoms with Gasteiger partial charge in [-0.15, -0.1) is 6.42 Å². The lowest BCUT2D eigenvalue weighted by Crippen LogP contribution is -2.56. The summed E-state index contributed by atoms with van der Waals surface area (Å²) in [7, 11) is 0. The van der Waals surface area contributed by atoms with Crippen LogP contribution in [0.2, 0.25) is 0 Å². The molecule has 1 aliphatic rings. The van der Waals surface area contributed by atoms with Crippen LogP contribution in [0.15, 0.2) is 0 Å². The average Bonchev–Trinajstić information content (AvgIpc) is 2.36. The van der Waals surface area contributed by atoms with Crippen LogP contribution < -0.4 is 5.32 Å². The van der Waals surface area contributed by atoms with Crippen LogP contribution in [0.25, 0.3) is 0 Å². The number of carbonyl (C=O) groups excluding carboxylic acids is 1. The highest BCUT2D eigenvalue weighted by atomic mass is 16.5. The Morgan fingerprint density at radius 3 is 2.89 bits per heavy atom. The molecule has 2 atom stereocenters. The van der Waals surface area contributed by atoms with Gasteiger partial charge in [0.05, 0.1) is 13.2 Å². The highest BCUT2D eigenvalue weighted by Gasteiger charge is 2.43. The number of esters is 1. The second-order valence-electron chi connectivity index (χ2n) is 5.95. The Hall–Kier alpha value is -1.01. The second-order valence-corrected chi connectivity index (χ2v) is 5.95. The molecule has 1 N–H and O–H groups in total. The number of terminal acetylenes is 1. The van der Waals surface area contributed by atoms with Crippen molar-refractivity contribution < 1.29 is 9.53 Å². The van der Waals surface area contributed by atoms with E-state index in [0.717, 1.165) is 19.3 Å². The minimum Gasteiger partial charge on any atom is -0.465 e. The quantitative estimate of drug-likeness (QED) is 0.593. The molecule has 0 bridgehead atoms. The molecule has 19 heavy (non-hydrogen) atoms. The topological polar surface area (TPSA) is 38.3 Å². The molecule has 0 heterocycles. The van der Waals surface area contributed by atoms with Crippen molar-refractivity contribution in [3.8, 4) is 12.3 Å². The molecule has 2 unspecified atom stereocenters. The van der Waals surface area contributed by atoms with Crippen LogP contribution in [0.3, 0.4) is 0 Å². The van der Waals surface area contributed by atoms with Crippen molar-refractivity contribution in [1.29, 1.82) is 0 Å². The van der Waals surface area contributed by atoms with Gasteiger partial charge in [-0.2, -0.15) is 0 Å². The predicted molar refractivity (Wildman–Crippen MR) is 77.6 cm³/mol. The largest absolute Gasteiger partial charge is 0.465 e. The molecule has 0 aromatic heterocycles. The summed E-state index contributed by atoms with van der Waals surface area (Å²) < 4.78 is 5.27. The van der Waals surface area contributed by atoms with Crippen molar-refractivity contribution in [1.82, 2.24) is 5.32 Å². The summed E-state index contributed by atoms with van der Waals surface area (Å²) in [5.41, 5.74) is -0.555. The van der Waals surface area contributed by atoms with Gasteiger partial charge in [0.1, 0.15) is 5.54 Å². The summed E-state index contributed by atoms with van der Waals surface area (Å²) in [6.45, 7) is 7.16. The van der Waals surface area contributed by atoms with E-state index in [1.807, 2.05) is 6.92 Å². The summed E-state index contributed by atoms with van der Waals surface area (Å²) in [4.78, 5) is 12.3. The van der Waals surface area contributed by atoms with Crippen molar-refractivity contribution in [3.05, 3.63) is 0 Å². The van der Waals surface area contributed by atoms with Crippen molar-refractivity contribution in [2.75, 3.05) is 13.2 Å². The zero-order chi connectivity index (χ0) is 14.3. The SMILES string of the molecule is C#CCNC1(C(=O)OCC)CCCC(CC(C)C)C1. The summed E-state index contributed by atoms with van der Waals surface area (Å²) in [6, 6.07) is 0. The maximum absolute atomic E-state index is 12.3. The van der Waals surface area contributed by atoms with Crippen molar-refractivity contribution in [2.24, 2.45) is 11.8 Å². The third kappa shape index (κ3) is 4.54. The summed E-state index contributed by atoms with van der Waals surface area (Å²) in [5.74, 6) is 3.70. The van der Waals surface area contributed by atoms with Gasteiger partial charge >= 0.3 is 5.97 Å². The van der Waals surface area contributed by atoms with Crippen LogP contribution in [0, 0.1) is 24.2 Å². The average molecular weight is 265 g/mol. The van der Waals surface area contributed by atoms with E-state index in [9.17, 15) is 4.79 Å². The molecular weight excluding hydrogens is 238 g/mol. The standard InChI is InChI=1S/C16H27NO2/c1-5-10-17-16(15(18)19-6-2)9-7-8-14(12-16)11-13(3)4/h1,13-14,17H,6-12H2,2-4H3. The summed E-state index contributed by atoms with van der Waals surface area (Å²) >= 11 is 0. The van der Waals surface area contributed by atoms with E-state index in [2.05, 4.69) is 25.1 Å². The highest BCUT2D eigenvalue weighted by molar-refractivity contribution is 5.81. The number of ether oxygens (including phenoxy) is 1. The molecule has 0 amide bonds. The van der Waals surface area contributed by atoms with Crippen molar-refractivity contribution >= 4 is 5.97 Å². The van der Waals surface area contributed by atoms with Crippen LogP contribution in [-0.2, 0) is 9.53 Å². The molecule has 3 heteroatoms. The van der Waals surface area contributed by atoms with Gasteiger partial charge in [0, 0.05) is 0 Å². The Morgan fingerprint density at radius 1 is 1.58 bits per heavy atom. The Kier molecular flexibility index (Phi) is 6.37. The molecule has 0 saturated heterocycles. The van der Waals surface area contributed by atoms with E-state index in [1.54, 1.807) is 0 Å². The van der Waals surface area contributed by atoms with E-state index in [-0.39, 0.29) is 5.97 Å². The van der Waals surface area contributed by atoms with Gasteiger partial charge in [-0.1, -0.05) is 32.6 Å². The molecule has 3 nitrogen and oxygen atoms in total. The van der Waals surface area contributed by atoms with Crippen LogP contribution in [0.5, 0.6) is 0 Å². The van der Waals surface area contributed by atoms with Crippen LogP contribution >= 0.6 is 0 Å². The fourth-order valence-electron chi connectivity index (χ4n) is 3.16. The number of carbonyl (C=O) groups is 1. The lowest BCUT2D eigenvalue weighted by Gasteiger charge is -2.39. The molecule has 1 fully saturated rings. The molecule has 0 aliphatic heterocycles. The number of nitrogens with one attached hydrogen (secondary N) is 1. The third-order valence-corrected chi connectivity index (χ3v) is 3.85. The van der Waals surface area contributed by atoms with Crippen LogP contribution in [0.4, 0.5) is 0 Å². The van der Waals surface area contributed by atoms with Gasteiger partial charge in [0.15, 0.2) is 0 Å². The first-order valence-electron chi connectivity index (χ1n) is 7.39. The lowest BCUT2D eigenvalue weighted by molar-refractivity contribution is -0.153. The molecule has 108 valence electrons. The number of hydrogen-bond acceptors (Lipinski definition) is 3. The fourth-order valence-corrected chi connectivity index (χ4v) is 3.16. The minimum absolute atomic E-state index is 0.126. The van der Waals surface area contributed by atoms with Gasteiger partial charge in [-0.25, -0.2) is 0 Å². The molecule has 0 aromatic carbocycles. The Morgan fingerprint density at radius 2 is 2.32 bits per heavy atom. The van der Waals surface area contributed by atoms with Crippen LogP contribution in [0.1, 0.15) is 52.9 Å². The van der Waals surface area contributed by atoms with Gasteiger partial charge < -0.3 is 4.74 Å². The third-order valence-electron chi connectivity index (χ3n) is 3.85. The van der Waals surface area contributed by atoms with Gasteiger partial charge in [-0.3, -0.25) is 10.1 Å².